The second-order valence-corrected chi connectivity index (χ2v) is 6.57. The zero-order chi connectivity index (χ0) is 19.4. The monoisotopic (exact) mass is 391 g/mol. The predicted octanol–water partition coefficient (Wildman–Crippen LogP) is 2.31. The number of rotatable bonds is 5. The van der Waals surface area contributed by atoms with Crippen LogP contribution in [-0.4, -0.2) is 49.5 Å². The number of benzene rings is 2. The second kappa shape index (κ2) is 8.26. The average molecular weight is 392 g/mol. The molecular formula is C19H19ClFN3O3. The first-order valence-electron chi connectivity index (χ1n) is 8.44. The molecule has 1 fully saturated rings. The van der Waals surface area contributed by atoms with Gasteiger partial charge in [-0.3, -0.25) is 9.59 Å². The predicted molar refractivity (Wildman–Crippen MR) is 101 cm³/mol. The molecule has 1 aliphatic heterocycles. The lowest BCUT2D eigenvalue weighted by atomic mass is 10.2. The summed E-state index contributed by atoms with van der Waals surface area (Å²) in [4.78, 5) is 27.7. The number of hydrogen-bond acceptors (Lipinski definition) is 4. The van der Waals surface area contributed by atoms with E-state index >= 15 is 0 Å². The van der Waals surface area contributed by atoms with Crippen molar-refractivity contribution in [1.29, 1.82) is 0 Å². The number of amides is 2. The Morgan fingerprint density at radius 3 is 2.37 bits per heavy atom. The number of nitrogens with zero attached hydrogens (tertiary/aromatic N) is 2. The van der Waals surface area contributed by atoms with Crippen molar-refractivity contribution < 1.29 is 18.7 Å². The first-order valence-corrected chi connectivity index (χ1v) is 8.82. The van der Waals surface area contributed by atoms with Crippen LogP contribution >= 0.6 is 11.6 Å². The quantitative estimate of drug-likeness (QED) is 0.848. The lowest BCUT2D eigenvalue weighted by molar-refractivity contribution is -0.133. The molecule has 0 unspecified atom stereocenters. The van der Waals surface area contributed by atoms with E-state index in [1.165, 1.54) is 24.3 Å². The first kappa shape index (κ1) is 19.0. The minimum atomic E-state index is -0.673. The highest BCUT2D eigenvalue weighted by Gasteiger charge is 2.22. The first-order chi connectivity index (χ1) is 12.9. The van der Waals surface area contributed by atoms with Gasteiger partial charge in [0.05, 0.1) is 5.56 Å². The van der Waals surface area contributed by atoms with E-state index in [-0.39, 0.29) is 29.6 Å². The topological polar surface area (TPSA) is 75.9 Å². The molecule has 0 bridgehead atoms. The van der Waals surface area contributed by atoms with E-state index in [0.29, 0.717) is 31.2 Å². The molecule has 0 radical (unpaired) electrons. The second-order valence-electron chi connectivity index (χ2n) is 6.14. The average Bonchev–Trinajstić information content (AvgIpc) is 2.67. The van der Waals surface area contributed by atoms with Gasteiger partial charge in [-0.05, 0) is 42.5 Å². The largest absolute Gasteiger partial charge is 0.483 e. The van der Waals surface area contributed by atoms with Gasteiger partial charge < -0.3 is 20.3 Å². The summed E-state index contributed by atoms with van der Waals surface area (Å²) in [5.74, 6) is -0.903. The van der Waals surface area contributed by atoms with Gasteiger partial charge in [0.2, 0.25) is 0 Å². The molecule has 27 heavy (non-hydrogen) atoms. The third kappa shape index (κ3) is 4.68. The summed E-state index contributed by atoms with van der Waals surface area (Å²) in [5.41, 5.74) is 6.37. The molecule has 2 aromatic carbocycles. The molecule has 2 N–H and O–H groups in total. The van der Waals surface area contributed by atoms with Crippen LogP contribution < -0.4 is 15.4 Å². The van der Waals surface area contributed by atoms with E-state index in [9.17, 15) is 14.0 Å². The number of piperazine rings is 1. The number of anilines is 1. The van der Waals surface area contributed by atoms with Gasteiger partial charge in [-0.25, -0.2) is 4.39 Å². The fourth-order valence-corrected chi connectivity index (χ4v) is 3.09. The van der Waals surface area contributed by atoms with Crippen LogP contribution in [0.4, 0.5) is 10.1 Å². The summed E-state index contributed by atoms with van der Waals surface area (Å²) < 4.78 is 18.5. The molecule has 8 heteroatoms. The molecule has 2 aromatic rings. The number of ether oxygens (including phenoxy) is 1. The Kier molecular flexibility index (Phi) is 5.81. The van der Waals surface area contributed by atoms with Crippen LogP contribution in [0.25, 0.3) is 0 Å². The standard InChI is InChI=1S/C19H19ClFN3O3/c20-13-1-6-17(16(11-13)19(22)26)27-12-18(25)24-9-7-23(8-10-24)15-4-2-14(21)3-5-15/h1-6,11H,7-10,12H2,(H2,22,26). The van der Waals surface area contributed by atoms with E-state index in [0.717, 1.165) is 5.69 Å². The smallest absolute Gasteiger partial charge is 0.260 e. The molecule has 1 saturated heterocycles. The van der Waals surface area contributed by atoms with Gasteiger partial charge in [0.25, 0.3) is 11.8 Å². The minimum absolute atomic E-state index is 0.136. The van der Waals surface area contributed by atoms with Crippen molar-refractivity contribution in [1.82, 2.24) is 4.90 Å². The van der Waals surface area contributed by atoms with Crippen LogP contribution in [0.5, 0.6) is 5.75 Å². The molecule has 2 amide bonds. The molecule has 3 rings (SSSR count). The van der Waals surface area contributed by atoms with Crippen LogP contribution in [0.15, 0.2) is 42.5 Å². The Morgan fingerprint density at radius 2 is 1.74 bits per heavy atom. The van der Waals surface area contributed by atoms with Gasteiger partial charge in [0.1, 0.15) is 11.6 Å². The molecule has 1 heterocycles. The van der Waals surface area contributed by atoms with Crippen molar-refractivity contribution in [3.63, 3.8) is 0 Å². The maximum atomic E-state index is 13.0. The minimum Gasteiger partial charge on any atom is -0.483 e. The molecule has 1 aliphatic rings. The number of nitrogens with two attached hydrogens (primary N) is 1. The highest BCUT2D eigenvalue weighted by Crippen LogP contribution is 2.23. The molecule has 6 nitrogen and oxygen atoms in total. The van der Waals surface area contributed by atoms with E-state index in [1.807, 2.05) is 0 Å². The van der Waals surface area contributed by atoms with E-state index < -0.39 is 5.91 Å². The summed E-state index contributed by atoms with van der Waals surface area (Å²) in [6, 6.07) is 10.8. The van der Waals surface area contributed by atoms with Gasteiger partial charge in [-0.1, -0.05) is 11.6 Å². The van der Waals surface area contributed by atoms with Gasteiger partial charge >= 0.3 is 0 Å². The van der Waals surface area contributed by atoms with Crippen molar-refractivity contribution in [3.8, 4) is 5.75 Å². The van der Waals surface area contributed by atoms with Crippen molar-refractivity contribution in [3.05, 3.63) is 58.9 Å². The summed E-state index contributed by atoms with van der Waals surface area (Å²) in [6.07, 6.45) is 0. The van der Waals surface area contributed by atoms with Crippen LogP contribution in [0.1, 0.15) is 10.4 Å². The molecule has 0 aliphatic carbocycles. The van der Waals surface area contributed by atoms with Gasteiger partial charge in [-0.15, -0.1) is 0 Å². The van der Waals surface area contributed by atoms with Gasteiger partial charge in [-0.2, -0.15) is 0 Å². The maximum absolute atomic E-state index is 13.0. The van der Waals surface area contributed by atoms with Crippen molar-refractivity contribution in [2.24, 2.45) is 5.73 Å². The normalized spacial score (nSPS) is 14.1. The van der Waals surface area contributed by atoms with Gasteiger partial charge in [0, 0.05) is 36.9 Å². The number of primary amides is 1. The third-order valence-corrected chi connectivity index (χ3v) is 4.62. The maximum Gasteiger partial charge on any atom is 0.260 e. The Hall–Kier alpha value is -2.80. The van der Waals surface area contributed by atoms with E-state index in [1.54, 1.807) is 23.1 Å². The molecule has 0 saturated carbocycles. The lowest BCUT2D eigenvalue weighted by Gasteiger charge is -2.36. The van der Waals surface area contributed by atoms with Crippen LogP contribution in [-0.2, 0) is 4.79 Å². The summed E-state index contributed by atoms with van der Waals surface area (Å²) in [6.45, 7) is 2.15. The van der Waals surface area contributed by atoms with Crippen molar-refractivity contribution in [2.45, 2.75) is 0 Å². The summed E-state index contributed by atoms with van der Waals surface area (Å²) in [7, 11) is 0. The lowest BCUT2D eigenvalue weighted by Crippen LogP contribution is -2.50. The third-order valence-electron chi connectivity index (χ3n) is 4.38. The van der Waals surface area contributed by atoms with E-state index in [2.05, 4.69) is 4.90 Å². The highest BCUT2D eigenvalue weighted by atomic mass is 35.5. The number of hydrogen-bond donors (Lipinski definition) is 1. The van der Waals surface area contributed by atoms with E-state index in [4.69, 9.17) is 22.1 Å². The number of carbonyl (C=O) groups excluding carboxylic acids is 2. The van der Waals surface area contributed by atoms with Crippen molar-refractivity contribution in [2.75, 3.05) is 37.7 Å². The Morgan fingerprint density at radius 1 is 1.07 bits per heavy atom. The fourth-order valence-electron chi connectivity index (χ4n) is 2.92. The zero-order valence-electron chi connectivity index (χ0n) is 14.5. The van der Waals surface area contributed by atoms with Crippen LogP contribution in [0.3, 0.4) is 0 Å². The molecule has 0 spiro atoms. The SMILES string of the molecule is NC(=O)c1cc(Cl)ccc1OCC(=O)N1CCN(c2ccc(F)cc2)CC1. The Labute approximate surface area is 161 Å². The number of carbonyl (C=O) groups is 2. The van der Waals surface area contributed by atoms with Gasteiger partial charge in [0.15, 0.2) is 6.61 Å². The van der Waals surface area contributed by atoms with Crippen LogP contribution in [0, 0.1) is 5.82 Å². The Bertz CT molecular complexity index is 837. The summed E-state index contributed by atoms with van der Waals surface area (Å²) >= 11 is 5.85. The Balaban J connectivity index is 1.54. The highest BCUT2D eigenvalue weighted by molar-refractivity contribution is 6.31. The van der Waals surface area contributed by atoms with Crippen molar-refractivity contribution >= 4 is 29.1 Å². The molecule has 0 atom stereocenters. The fraction of sp³-hybridized carbons (Fsp3) is 0.263. The summed E-state index contributed by atoms with van der Waals surface area (Å²) in [5, 5.41) is 0.361. The zero-order valence-corrected chi connectivity index (χ0v) is 15.3. The molecular weight excluding hydrogens is 373 g/mol. The van der Waals surface area contributed by atoms with Crippen LogP contribution in [0.2, 0.25) is 5.02 Å². The molecule has 0 aromatic heterocycles. The number of halogens is 2. The molecule has 142 valence electrons.